The maximum Gasteiger partial charge on any atom is 0.0272 e. The van der Waals surface area contributed by atoms with Gasteiger partial charge in [0.05, 0.1) is 0 Å². The van der Waals surface area contributed by atoms with Gasteiger partial charge in [-0.3, -0.25) is 0 Å². The summed E-state index contributed by atoms with van der Waals surface area (Å²) >= 11 is 0. The first-order valence-electron chi connectivity index (χ1n) is 18.9. The zero-order chi connectivity index (χ0) is 32.6. The van der Waals surface area contributed by atoms with Crippen LogP contribution in [0.2, 0.25) is 0 Å². The zero-order valence-corrected chi connectivity index (χ0v) is 28.2. The van der Waals surface area contributed by atoms with E-state index in [0.717, 1.165) is 23.7 Å². The van der Waals surface area contributed by atoms with Crippen molar-refractivity contribution in [2.75, 3.05) is 0 Å². The van der Waals surface area contributed by atoms with Crippen molar-refractivity contribution in [3.05, 3.63) is 157 Å². The fourth-order valence-corrected chi connectivity index (χ4v) is 12.2. The summed E-state index contributed by atoms with van der Waals surface area (Å²) in [5, 5.41) is 10.6. The molecule has 4 bridgehead atoms. The molecule has 0 aliphatic heterocycles. The molecular weight excluding hydrogens is 601 g/mol. The minimum Gasteiger partial charge on any atom is -0.0619 e. The molecule has 0 nitrogen and oxygen atoms in total. The first-order valence-corrected chi connectivity index (χ1v) is 18.9. The highest BCUT2D eigenvalue weighted by Gasteiger charge is 2.61. The molecule has 50 heavy (non-hydrogen) atoms. The Bertz CT molecular complexity index is 2640. The Morgan fingerprint density at radius 3 is 1.54 bits per heavy atom. The second-order valence-electron chi connectivity index (χ2n) is 16.0. The molecule has 0 N–H and O–H groups in total. The predicted octanol–water partition coefficient (Wildman–Crippen LogP) is 13.4. The summed E-state index contributed by atoms with van der Waals surface area (Å²) in [6, 6.07) is 55.9. The minimum absolute atomic E-state index is 0.163. The van der Waals surface area contributed by atoms with Gasteiger partial charge in [-0.1, -0.05) is 133 Å². The van der Waals surface area contributed by atoms with E-state index in [1.54, 1.807) is 11.1 Å². The third-order valence-electron chi connectivity index (χ3n) is 13.8. The van der Waals surface area contributed by atoms with Crippen LogP contribution < -0.4 is 0 Å². The van der Waals surface area contributed by atoms with Gasteiger partial charge >= 0.3 is 0 Å². The molecule has 4 fully saturated rings. The van der Waals surface area contributed by atoms with Crippen molar-refractivity contribution in [2.24, 2.45) is 23.7 Å². The quantitative estimate of drug-likeness (QED) is 0.131. The Hall–Kier alpha value is -5.20. The van der Waals surface area contributed by atoms with Crippen molar-refractivity contribution in [1.29, 1.82) is 0 Å². The molecule has 1 spiro atoms. The Morgan fingerprint density at radius 2 is 0.860 bits per heavy atom. The lowest BCUT2D eigenvalue weighted by Gasteiger charge is -2.61. The lowest BCUT2D eigenvalue weighted by Crippen LogP contribution is -2.55. The monoisotopic (exact) mass is 638 g/mol. The molecule has 0 heterocycles. The van der Waals surface area contributed by atoms with E-state index in [4.69, 9.17) is 0 Å². The summed E-state index contributed by atoms with van der Waals surface area (Å²) in [6.45, 7) is 0. The SMILES string of the molecule is c1ccc2c(c1)-c1ccc(-c3c4ccccc4c(-c4ccc5c(ccc6ccccc65)c4)c4ccccc34)cc1C21C2CC3CC(C2)CC1C3. The highest BCUT2D eigenvalue weighted by atomic mass is 14.6. The summed E-state index contributed by atoms with van der Waals surface area (Å²) in [6.07, 6.45) is 7.12. The van der Waals surface area contributed by atoms with Crippen LogP contribution in [0.15, 0.2) is 146 Å². The van der Waals surface area contributed by atoms with Crippen LogP contribution in [0.5, 0.6) is 0 Å². The standard InChI is InChI=1S/C50H38/c1-2-10-38-32(9-1)17-18-33-28-34(19-21-39(33)38)48-42-12-3-5-14-44(42)49(45-15-6-4-13-43(45)48)35-20-22-41-40-11-7-8-16-46(40)50(47(41)29-35)36-24-30-23-31(26-36)27-37(50)25-30/h1-22,28-31,36-37H,23-27H2. The fourth-order valence-electron chi connectivity index (χ4n) is 12.2. The highest BCUT2D eigenvalue weighted by molar-refractivity contribution is 6.22. The molecule has 0 atom stereocenters. The minimum atomic E-state index is 0.163. The average Bonchev–Trinajstić information content (AvgIpc) is 3.45. The van der Waals surface area contributed by atoms with E-state index in [1.807, 2.05) is 0 Å². The molecule has 4 saturated carbocycles. The molecule has 13 rings (SSSR count). The van der Waals surface area contributed by atoms with Crippen molar-refractivity contribution in [2.45, 2.75) is 37.5 Å². The number of rotatable bonds is 2. The Kier molecular flexibility index (Phi) is 5.49. The number of hydrogen-bond donors (Lipinski definition) is 0. The molecule has 0 saturated heterocycles. The Balaban J connectivity index is 1.11. The van der Waals surface area contributed by atoms with Crippen LogP contribution in [0.1, 0.15) is 43.2 Å². The first-order chi connectivity index (χ1) is 24.8. The van der Waals surface area contributed by atoms with E-state index < -0.39 is 0 Å². The second kappa shape index (κ2) is 9.95. The Labute approximate surface area is 293 Å². The number of benzene rings is 8. The molecule has 8 aromatic rings. The first kappa shape index (κ1) is 27.6. The van der Waals surface area contributed by atoms with Crippen LogP contribution in [0.25, 0.3) is 76.5 Å². The molecule has 0 unspecified atom stereocenters. The van der Waals surface area contributed by atoms with Gasteiger partial charge in [-0.25, -0.2) is 0 Å². The molecule has 0 radical (unpaired) electrons. The summed E-state index contributed by atoms with van der Waals surface area (Å²) in [5.41, 5.74) is 11.8. The summed E-state index contributed by atoms with van der Waals surface area (Å²) in [7, 11) is 0. The van der Waals surface area contributed by atoms with Crippen LogP contribution in [-0.4, -0.2) is 0 Å². The van der Waals surface area contributed by atoms with Crippen LogP contribution in [-0.2, 0) is 5.41 Å². The van der Waals surface area contributed by atoms with Gasteiger partial charge in [0, 0.05) is 5.41 Å². The molecular formula is C50H38. The van der Waals surface area contributed by atoms with Gasteiger partial charge < -0.3 is 0 Å². The van der Waals surface area contributed by atoms with Crippen LogP contribution in [0, 0.1) is 23.7 Å². The van der Waals surface area contributed by atoms with Gasteiger partial charge in [0.25, 0.3) is 0 Å². The van der Waals surface area contributed by atoms with Crippen molar-refractivity contribution < 1.29 is 0 Å². The molecule has 5 aliphatic carbocycles. The average molecular weight is 639 g/mol. The highest BCUT2D eigenvalue weighted by Crippen LogP contribution is 2.69. The normalized spacial score (nSPS) is 24.5. The molecule has 0 amide bonds. The van der Waals surface area contributed by atoms with Crippen LogP contribution in [0.3, 0.4) is 0 Å². The van der Waals surface area contributed by atoms with E-state index in [-0.39, 0.29) is 5.41 Å². The summed E-state index contributed by atoms with van der Waals surface area (Å²) in [5.74, 6) is 3.41. The van der Waals surface area contributed by atoms with Crippen molar-refractivity contribution in [1.82, 2.24) is 0 Å². The maximum atomic E-state index is 2.67. The third kappa shape index (κ3) is 3.52. The third-order valence-corrected chi connectivity index (χ3v) is 13.8. The zero-order valence-electron chi connectivity index (χ0n) is 28.2. The smallest absolute Gasteiger partial charge is 0.0272 e. The van der Waals surface area contributed by atoms with Gasteiger partial charge in [0.1, 0.15) is 0 Å². The van der Waals surface area contributed by atoms with Crippen molar-refractivity contribution in [3.8, 4) is 33.4 Å². The van der Waals surface area contributed by atoms with Crippen LogP contribution in [0.4, 0.5) is 0 Å². The molecule has 0 aromatic heterocycles. The summed E-state index contributed by atoms with van der Waals surface area (Å²) in [4.78, 5) is 0. The van der Waals surface area contributed by atoms with E-state index in [1.165, 1.54) is 109 Å². The van der Waals surface area contributed by atoms with Gasteiger partial charge in [-0.05, 0) is 156 Å². The largest absolute Gasteiger partial charge is 0.0619 e. The van der Waals surface area contributed by atoms with E-state index >= 15 is 0 Å². The van der Waals surface area contributed by atoms with E-state index in [0.29, 0.717) is 0 Å². The lowest BCUT2D eigenvalue weighted by molar-refractivity contribution is -0.0399. The maximum absolute atomic E-state index is 2.67. The van der Waals surface area contributed by atoms with Crippen LogP contribution >= 0.6 is 0 Å². The fraction of sp³-hybridized carbons (Fsp3) is 0.200. The van der Waals surface area contributed by atoms with Crippen molar-refractivity contribution in [3.63, 3.8) is 0 Å². The number of hydrogen-bond acceptors (Lipinski definition) is 0. The van der Waals surface area contributed by atoms with Gasteiger partial charge in [0.2, 0.25) is 0 Å². The summed E-state index contributed by atoms with van der Waals surface area (Å²) < 4.78 is 0. The van der Waals surface area contributed by atoms with Gasteiger partial charge in [-0.15, -0.1) is 0 Å². The molecule has 5 aliphatic rings. The van der Waals surface area contributed by atoms with Gasteiger partial charge in [0.15, 0.2) is 0 Å². The van der Waals surface area contributed by atoms with E-state index in [9.17, 15) is 0 Å². The lowest BCUT2D eigenvalue weighted by atomic mass is 9.43. The number of fused-ring (bicyclic) bond motifs is 8. The van der Waals surface area contributed by atoms with Gasteiger partial charge in [-0.2, -0.15) is 0 Å². The predicted molar refractivity (Wildman–Crippen MR) is 211 cm³/mol. The molecule has 238 valence electrons. The van der Waals surface area contributed by atoms with Crippen molar-refractivity contribution >= 4 is 43.1 Å². The topological polar surface area (TPSA) is 0 Å². The molecule has 8 aromatic carbocycles. The Morgan fingerprint density at radius 1 is 0.360 bits per heavy atom. The second-order valence-corrected chi connectivity index (χ2v) is 16.0. The van der Waals surface area contributed by atoms with E-state index in [2.05, 4.69) is 146 Å². The molecule has 0 heteroatoms.